The monoisotopic (exact) mass is 532 g/mol. The minimum atomic E-state index is -0.262. The SMILES string of the molecule is CCOc1cc(/C=C2\SC(=S)N(Cc3ccccc3)C2=O)ccc1OCC(=O)Nc1cc(C)ccc1C. The van der Waals surface area contributed by atoms with Crippen LogP contribution >= 0.6 is 24.0 Å². The summed E-state index contributed by atoms with van der Waals surface area (Å²) in [5, 5.41) is 2.89. The first-order valence-corrected chi connectivity index (χ1v) is 13.1. The first-order chi connectivity index (χ1) is 17.8. The smallest absolute Gasteiger partial charge is 0.266 e. The summed E-state index contributed by atoms with van der Waals surface area (Å²) >= 11 is 6.74. The molecule has 3 aromatic carbocycles. The maximum atomic E-state index is 13.0. The fraction of sp³-hybridized carbons (Fsp3) is 0.207. The van der Waals surface area contributed by atoms with Gasteiger partial charge in [-0.05, 0) is 67.3 Å². The Labute approximate surface area is 226 Å². The Morgan fingerprint density at radius 2 is 1.81 bits per heavy atom. The second kappa shape index (κ2) is 12.1. The fourth-order valence-corrected chi connectivity index (χ4v) is 5.01. The van der Waals surface area contributed by atoms with Crippen LogP contribution < -0.4 is 14.8 Å². The van der Waals surface area contributed by atoms with E-state index >= 15 is 0 Å². The van der Waals surface area contributed by atoms with Crippen LogP contribution in [0.2, 0.25) is 0 Å². The number of carbonyl (C=O) groups excluding carboxylic acids is 2. The molecule has 190 valence electrons. The first-order valence-electron chi connectivity index (χ1n) is 11.9. The molecular weight excluding hydrogens is 504 g/mol. The number of carbonyl (C=O) groups is 2. The van der Waals surface area contributed by atoms with Crippen molar-refractivity contribution in [2.75, 3.05) is 18.5 Å². The summed E-state index contributed by atoms with van der Waals surface area (Å²) in [4.78, 5) is 27.7. The number of hydrogen-bond acceptors (Lipinski definition) is 6. The lowest BCUT2D eigenvalue weighted by Crippen LogP contribution is -2.27. The van der Waals surface area contributed by atoms with E-state index in [1.165, 1.54) is 11.8 Å². The van der Waals surface area contributed by atoms with Gasteiger partial charge >= 0.3 is 0 Å². The van der Waals surface area contributed by atoms with Crippen LogP contribution in [-0.2, 0) is 16.1 Å². The molecule has 0 spiro atoms. The number of ether oxygens (including phenoxy) is 2. The molecule has 0 aliphatic carbocycles. The van der Waals surface area contributed by atoms with E-state index in [-0.39, 0.29) is 18.4 Å². The molecule has 4 rings (SSSR count). The molecule has 0 bridgehead atoms. The van der Waals surface area contributed by atoms with Gasteiger partial charge in [0.25, 0.3) is 11.8 Å². The summed E-state index contributed by atoms with van der Waals surface area (Å²) in [6.07, 6.45) is 1.80. The maximum absolute atomic E-state index is 13.0. The molecule has 1 saturated heterocycles. The fourth-order valence-electron chi connectivity index (χ4n) is 3.76. The van der Waals surface area contributed by atoms with E-state index in [9.17, 15) is 9.59 Å². The second-order valence-electron chi connectivity index (χ2n) is 8.55. The lowest BCUT2D eigenvalue weighted by atomic mass is 10.1. The number of nitrogens with one attached hydrogen (secondary N) is 1. The Balaban J connectivity index is 1.44. The van der Waals surface area contributed by atoms with Crippen molar-refractivity contribution >= 4 is 51.9 Å². The average Bonchev–Trinajstić information content (AvgIpc) is 3.14. The Morgan fingerprint density at radius 1 is 1.03 bits per heavy atom. The van der Waals surface area contributed by atoms with Crippen LogP contribution in [0.5, 0.6) is 11.5 Å². The third-order valence-electron chi connectivity index (χ3n) is 5.65. The van der Waals surface area contributed by atoms with Gasteiger partial charge in [0.15, 0.2) is 18.1 Å². The highest BCUT2D eigenvalue weighted by molar-refractivity contribution is 8.26. The molecular formula is C29H28N2O4S2. The molecule has 6 nitrogen and oxygen atoms in total. The van der Waals surface area contributed by atoms with E-state index in [0.717, 1.165) is 27.9 Å². The Kier molecular flexibility index (Phi) is 8.63. The van der Waals surface area contributed by atoms with E-state index in [0.29, 0.717) is 33.9 Å². The number of nitrogens with zero attached hydrogens (tertiary/aromatic N) is 1. The van der Waals surface area contributed by atoms with Gasteiger partial charge in [-0.1, -0.05) is 72.5 Å². The van der Waals surface area contributed by atoms with Crippen molar-refractivity contribution in [3.63, 3.8) is 0 Å². The van der Waals surface area contributed by atoms with Crippen molar-refractivity contribution in [2.45, 2.75) is 27.3 Å². The third kappa shape index (κ3) is 6.78. The molecule has 0 saturated carbocycles. The van der Waals surface area contributed by atoms with E-state index in [1.807, 2.05) is 75.4 Å². The number of rotatable bonds is 9. The second-order valence-corrected chi connectivity index (χ2v) is 10.2. The molecule has 1 aliphatic rings. The normalized spacial score (nSPS) is 14.2. The largest absolute Gasteiger partial charge is 0.490 e. The minimum absolute atomic E-state index is 0.125. The molecule has 3 aromatic rings. The summed E-state index contributed by atoms with van der Waals surface area (Å²) in [7, 11) is 0. The molecule has 0 atom stereocenters. The van der Waals surface area contributed by atoms with Gasteiger partial charge in [-0.25, -0.2) is 0 Å². The van der Waals surface area contributed by atoms with Gasteiger partial charge in [0.05, 0.1) is 18.1 Å². The molecule has 1 N–H and O–H groups in total. The van der Waals surface area contributed by atoms with Gasteiger partial charge in [0.1, 0.15) is 4.32 Å². The minimum Gasteiger partial charge on any atom is -0.490 e. The van der Waals surface area contributed by atoms with Crippen molar-refractivity contribution in [3.8, 4) is 11.5 Å². The van der Waals surface area contributed by atoms with Crippen molar-refractivity contribution in [2.24, 2.45) is 0 Å². The number of anilines is 1. The summed E-state index contributed by atoms with van der Waals surface area (Å²) < 4.78 is 12.1. The van der Waals surface area contributed by atoms with Crippen molar-refractivity contribution in [1.29, 1.82) is 0 Å². The van der Waals surface area contributed by atoms with Gasteiger partial charge in [-0.15, -0.1) is 0 Å². The molecule has 1 fully saturated rings. The molecule has 0 radical (unpaired) electrons. The van der Waals surface area contributed by atoms with Crippen LogP contribution in [0.4, 0.5) is 5.69 Å². The summed E-state index contributed by atoms with van der Waals surface area (Å²) in [5.41, 5.74) is 4.59. The molecule has 8 heteroatoms. The van der Waals surface area contributed by atoms with Crippen LogP contribution in [0, 0.1) is 13.8 Å². The topological polar surface area (TPSA) is 67.9 Å². The van der Waals surface area contributed by atoms with E-state index in [1.54, 1.807) is 23.1 Å². The maximum Gasteiger partial charge on any atom is 0.266 e. The van der Waals surface area contributed by atoms with Crippen LogP contribution in [0.25, 0.3) is 6.08 Å². The van der Waals surface area contributed by atoms with Gasteiger partial charge in [0.2, 0.25) is 0 Å². The highest BCUT2D eigenvalue weighted by Crippen LogP contribution is 2.35. The quantitative estimate of drug-likeness (QED) is 0.265. The summed E-state index contributed by atoms with van der Waals surface area (Å²) in [6, 6.07) is 21.0. The van der Waals surface area contributed by atoms with Crippen molar-refractivity contribution < 1.29 is 19.1 Å². The lowest BCUT2D eigenvalue weighted by molar-refractivity contribution is -0.122. The predicted molar refractivity (Wildman–Crippen MR) is 153 cm³/mol. The van der Waals surface area contributed by atoms with Crippen LogP contribution in [0.15, 0.2) is 71.6 Å². The third-order valence-corrected chi connectivity index (χ3v) is 7.03. The number of amides is 2. The van der Waals surface area contributed by atoms with E-state index < -0.39 is 0 Å². The molecule has 0 unspecified atom stereocenters. The zero-order valence-electron chi connectivity index (χ0n) is 20.9. The predicted octanol–water partition coefficient (Wildman–Crippen LogP) is 6.12. The molecule has 1 aliphatic heterocycles. The zero-order valence-corrected chi connectivity index (χ0v) is 22.6. The Morgan fingerprint density at radius 3 is 2.57 bits per heavy atom. The highest BCUT2D eigenvalue weighted by Gasteiger charge is 2.32. The van der Waals surface area contributed by atoms with Crippen molar-refractivity contribution in [3.05, 3.63) is 93.9 Å². The summed E-state index contributed by atoms with van der Waals surface area (Å²) in [6.45, 7) is 6.49. The molecule has 0 aromatic heterocycles. The molecule has 1 heterocycles. The molecule has 37 heavy (non-hydrogen) atoms. The van der Waals surface area contributed by atoms with Gasteiger partial charge in [0, 0.05) is 5.69 Å². The first kappa shape index (κ1) is 26.4. The average molecular weight is 533 g/mol. The van der Waals surface area contributed by atoms with Gasteiger partial charge in [-0.2, -0.15) is 0 Å². The van der Waals surface area contributed by atoms with Crippen LogP contribution in [0.1, 0.15) is 29.2 Å². The van der Waals surface area contributed by atoms with Crippen LogP contribution in [0.3, 0.4) is 0 Å². The van der Waals surface area contributed by atoms with Gasteiger partial charge < -0.3 is 14.8 Å². The van der Waals surface area contributed by atoms with Gasteiger partial charge in [-0.3, -0.25) is 14.5 Å². The van der Waals surface area contributed by atoms with Crippen LogP contribution in [-0.4, -0.2) is 34.2 Å². The number of benzene rings is 3. The van der Waals surface area contributed by atoms with E-state index in [2.05, 4.69) is 5.32 Å². The number of hydrogen-bond donors (Lipinski definition) is 1. The Bertz CT molecular complexity index is 1360. The standard InChI is InChI=1S/C29H28N2O4S2/c1-4-34-25-15-22(16-26-28(33)31(29(36)37-26)17-21-8-6-5-7-9-21)12-13-24(25)35-18-27(32)30-23-14-19(2)10-11-20(23)3/h5-16H,4,17-18H2,1-3H3,(H,30,32)/b26-16-. The number of aryl methyl sites for hydroxylation is 2. The highest BCUT2D eigenvalue weighted by atomic mass is 32.2. The van der Waals surface area contributed by atoms with Crippen molar-refractivity contribution in [1.82, 2.24) is 4.90 Å². The lowest BCUT2D eigenvalue weighted by Gasteiger charge is -2.14. The summed E-state index contributed by atoms with van der Waals surface area (Å²) in [5.74, 6) is 0.560. The molecule has 2 amide bonds. The zero-order chi connectivity index (χ0) is 26.4. The number of thiocarbonyl (C=S) groups is 1. The Hall–Kier alpha value is -3.62. The number of thioether (sulfide) groups is 1. The van der Waals surface area contributed by atoms with E-state index in [4.69, 9.17) is 21.7 Å².